The van der Waals surface area contributed by atoms with Gasteiger partial charge in [-0.05, 0) is 80.5 Å². The Bertz CT molecular complexity index is 418. The molecule has 0 aromatic heterocycles. The quantitative estimate of drug-likeness (QED) is 0.357. The Morgan fingerprint density at radius 3 is 2.42 bits per heavy atom. The molecule has 0 nitrogen and oxygen atoms in total. The molecule has 2 saturated carbocycles. The van der Waals surface area contributed by atoms with Gasteiger partial charge < -0.3 is 0 Å². The highest BCUT2D eigenvalue weighted by Crippen LogP contribution is 2.65. The molecule has 2 aliphatic carbocycles. The van der Waals surface area contributed by atoms with Crippen LogP contribution in [0, 0.1) is 40.9 Å². The predicted molar refractivity (Wildman–Crippen MR) is 108 cm³/mol. The van der Waals surface area contributed by atoms with Gasteiger partial charge in [0.15, 0.2) is 0 Å². The van der Waals surface area contributed by atoms with E-state index in [-0.39, 0.29) is 0 Å². The van der Waals surface area contributed by atoms with Gasteiger partial charge in [-0.2, -0.15) is 0 Å². The Morgan fingerprint density at radius 2 is 1.88 bits per heavy atom. The molecule has 0 N–H and O–H groups in total. The van der Waals surface area contributed by atoms with E-state index in [1.807, 2.05) is 0 Å². The predicted octanol–water partition coefficient (Wildman–Crippen LogP) is 7.88. The molecular weight excluding hydrogens is 288 g/mol. The molecule has 0 aromatic carbocycles. The fourth-order valence-electron chi connectivity index (χ4n) is 6.17. The van der Waals surface area contributed by atoms with E-state index in [9.17, 15) is 0 Å². The number of allylic oxidation sites excluding steroid dienone is 2. The highest BCUT2D eigenvalue weighted by atomic mass is 14.6. The molecule has 0 aliphatic heterocycles. The Kier molecular flexibility index (Phi) is 7.03. The topological polar surface area (TPSA) is 0 Å². The van der Waals surface area contributed by atoms with Gasteiger partial charge in [-0.25, -0.2) is 0 Å². The summed E-state index contributed by atoms with van der Waals surface area (Å²) in [6.07, 6.45) is 13.9. The van der Waals surface area contributed by atoms with E-state index in [1.165, 1.54) is 44.9 Å². The Balaban J connectivity index is 2.17. The van der Waals surface area contributed by atoms with E-state index in [0.29, 0.717) is 5.41 Å². The largest absolute Gasteiger partial charge is 0.0887 e. The molecule has 0 aromatic rings. The minimum absolute atomic E-state index is 0.573. The lowest BCUT2D eigenvalue weighted by atomic mass is 9.45. The highest BCUT2D eigenvalue weighted by molar-refractivity contribution is 5.12. The smallest absolute Gasteiger partial charge is 0.0252 e. The van der Waals surface area contributed by atoms with Gasteiger partial charge in [0.05, 0.1) is 0 Å². The van der Waals surface area contributed by atoms with Crippen molar-refractivity contribution in [2.75, 3.05) is 0 Å². The van der Waals surface area contributed by atoms with E-state index in [2.05, 4.69) is 54.5 Å². The van der Waals surface area contributed by atoms with Crippen molar-refractivity contribution in [2.45, 2.75) is 99.8 Å². The molecule has 0 amide bonds. The third kappa shape index (κ3) is 4.28. The molecule has 0 saturated heterocycles. The maximum Gasteiger partial charge on any atom is -0.0252 e. The third-order valence-electron chi connectivity index (χ3n) is 7.54. The maximum absolute atomic E-state index is 2.62. The standard InChI is InChI=1S/C24H44/c1-8-11-13-20(21-14-19(21)12-9-2)23-22(17(4)5)16-24(23,7)15-18(6)10-3/h10,17,19-23H,8-9,11-16H2,1-7H3. The molecule has 0 spiro atoms. The van der Waals surface area contributed by atoms with Crippen LogP contribution in [0.15, 0.2) is 11.6 Å². The van der Waals surface area contributed by atoms with Crippen LogP contribution >= 0.6 is 0 Å². The van der Waals surface area contributed by atoms with E-state index in [4.69, 9.17) is 0 Å². The number of rotatable bonds is 10. The summed E-state index contributed by atoms with van der Waals surface area (Å²) < 4.78 is 0. The minimum Gasteiger partial charge on any atom is -0.0887 e. The number of hydrogen-bond acceptors (Lipinski definition) is 0. The second kappa shape index (κ2) is 8.41. The molecule has 2 aliphatic rings. The third-order valence-corrected chi connectivity index (χ3v) is 7.54. The van der Waals surface area contributed by atoms with Crippen molar-refractivity contribution in [2.24, 2.45) is 40.9 Å². The van der Waals surface area contributed by atoms with Crippen molar-refractivity contribution in [1.29, 1.82) is 0 Å². The summed E-state index contributed by atoms with van der Waals surface area (Å²) in [6.45, 7) is 16.9. The summed E-state index contributed by atoms with van der Waals surface area (Å²) in [5.74, 6) is 5.96. The average molecular weight is 333 g/mol. The zero-order chi connectivity index (χ0) is 17.9. The number of hydrogen-bond donors (Lipinski definition) is 0. The van der Waals surface area contributed by atoms with Crippen LogP contribution in [-0.4, -0.2) is 0 Å². The second-order valence-electron chi connectivity index (χ2n) is 9.86. The first-order valence-corrected chi connectivity index (χ1v) is 11.0. The molecule has 24 heavy (non-hydrogen) atoms. The summed E-state index contributed by atoms with van der Waals surface area (Å²) in [5, 5.41) is 0. The lowest BCUT2D eigenvalue weighted by molar-refractivity contribution is -0.0983. The molecule has 0 bridgehead atoms. The fraction of sp³-hybridized carbons (Fsp3) is 0.917. The SMILES string of the molecule is CC=C(C)CC1(C)CC(C(C)C)C1C(CCCC)C1CC1CCC. The molecule has 140 valence electrons. The van der Waals surface area contributed by atoms with Gasteiger partial charge in [-0.1, -0.05) is 72.0 Å². The van der Waals surface area contributed by atoms with Crippen LogP contribution in [0.3, 0.4) is 0 Å². The van der Waals surface area contributed by atoms with Crippen molar-refractivity contribution < 1.29 is 0 Å². The first kappa shape index (κ1) is 20.1. The monoisotopic (exact) mass is 332 g/mol. The van der Waals surface area contributed by atoms with E-state index >= 15 is 0 Å². The fourth-order valence-corrected chi connectivity index (χ4v) is 6.17. The molecular formula is C24H44. The zero-order valence-electron chi connectivity index (χ0n) is 17.7. The van der Waals surface area contributed by atoms with Crippen LogP contribution in [0.4, 0.5) is 0 Å². The van der Waals surface area contributed by atoms with Gasteiger partial charge in [0, 0.05) is 0 Å². The molecule has 2 fully saturated rings. The maximum atomic E-state index is 2.62. The van der Waals surface area contributed by atoms with Crippen molar-refractivity contribution in [3.05, 3.63) is 11.6 Å². The molecule has 6 unspecified atom stereocenters. The molecule has 2 rings (SSSR count). The highest BCUT2D eigenvalue weighted by Gasteiger charge is 2.58. The summed E-state index contributed by atoms with van der Waals surface area (Å²) in [7, 11) is 0. The van der Waals surface area contributed by atoms with Gasteiger partial charge in [-0.15, -0.1) is 0 Å². The van der Waals surface area contributed by atoms with Crippen LogP contribution in [0.25, 0.3) is 0 Å². The summed E-state index contributed by atoms with van der Waals surface area (Å²) in [6, 6.07) is 0. The Morgan fingerprint density at radius 1 is 1.17 bits per heavy atom. The number of unbranched alkanes of at least 4 members (excludes halogenated alkanes) is 1. The van der Waals surface area contributed by atoms with E-state index in [1.54, 1.807) is 12.0 Å². The van der Waals surface area contributed by atoms with Crippen molar-refractivity contribution in [3.63, 3.8) is 0 Å². The van der Waals surface area contributed by atoms with Crippen molar-refractivity contribution in [1.82, 2.24) is 0 Å². The lowest BCUT2D eigenvalue weighted by Crippen LogP contribution is -2.52. The van der Waals surface area contributed by atoms with Gasteiger partial charge in [0.1, 0.15) is 0 Å². The molecule has 0 radical (unpaired) electrons. The Hall–Kier alpha value is -0.260. The second-order valence-corrected chi connectivity index (χ2v) is 9.86. The summed E-state index contributed by atoms with van der Waals surface area (Å²) in [4.78, 5) is 0. The summed E-state index contributed by atoms with van der Waals surface area (Å²) >= 11 is 0. The normalized spacial score (nSPS) is 37.4. The van der Waals surface area contributed by atoms with Crippen LogP contribution in [0.5, 0.6) is 0 Å². The van der Waals surface area contributed by atoms with Crippen LogP contribution in [0.2, 0.25) is 0 Å². The van der Waals surface area contributed by atoms with Crippen molar-refractivity contribution >= 4 is 0 Å². The minimum atomic E-state index is 0.573. The Labute approximate surface area is 152 Å². The van der Waals surface area contributed by atoms with Gasteiger partial charge in [0.25, 0.3) is 0 Å². The average Bonchev–Trinajstić information content (AvgIpc) is 3.28. The molecule has 0 heteroatoms. The molecule has 0 heterocycles. The molecule has 6 atom stereocenters. The van der Waals surface area contributed by atoms with Gasteiger partial charge in [-0.3, -0.25) is 0 Å². The van der Waals surface area contributed by atoms with Crippen molar-refractivity contribution in [3.8, 4) is 0 Å². The van der Waals surface area contributed by atoms with Crippen LogP contribution in [-0.2, 0) is 0 Å². The van der Waals surface area contributed by atoms with Crippen LogP contribution in [0.1, 0.15) is 99.8 Å². The van der Waals surface area contributed by atoms with E-state index < -0.39 is 0 Å². The first-order chi connectivity index (χ1) is 11.4. The first-order valence-electron chi connectivity index (χ1n) is 11.0. The lowest BCUT2D eigenvalue weighted by Gasteiger charge is -2.59. The zero-order valence-corrected chi connectivity index (χ0v) is 17.7. The summed E-state index contributed by atoms with van der Waals surface area (Å²) in [5.41, 5.74) is 2.18. The van der Waals surface area contributed by atoms with Gasteiger partial charge >= 0.3 is 0 Å². The van der Waals surface area contributed by atoms with E-state index in [0.717, 1.165) is 35.5 Å². The van der Waals surface area contributed by atoms with Gasteiger partial charge in [0.2, 0.25) is 0 Å². The van der Waals surface area contributed by atoms with Crippen LogP contribution < -0.4 is 0 Å².